The third-order valence-corrected chi connectivity index (χ3v) is 8.32. The Balaban J connectivity index is 1.74. The van der Waals surface area contributed by atoms with E-state index in [1.165, 1.54) is 0 Å². The first-order valence-corrected chi connectivity index (χ1v) is 10.6. The highest BCUT2D eigenvalue weighted by molar-refractivity contribution is 6.71. The fourth-order valence-electron chi connectivity index (χ4n) is 5.09. The molecule has 4 aliphatic rings. The summed E-state index contributed by atoms with van der Waals surface area (Å²) in [5.41, 5.74) is -1.49. The Morgan fingerprint density at radius 3 is 1.59 bits per heavy atom. The Bertz CT molecular complexity index is 535. The average molecular weight is 378 g/mol. The molecule has 7 heteroatoms. The fourth-order valence-corrected chi connectivity index (χ4v) is 5.09. The van der Waals surface area contributed by atoms with Crippen molar-refractivity contribution in [2.24, 2.45) is 5.92 Å². The van der Waals surface area contributed by atoms with Gasteiger partial charge < -0.3 is 23.4 Å². The van der Waals surface area contributed by atoms with Gasteiger partial charge in [0.15, 0.2) is 0 Å². The molecule has 0 radical (unpaired) electrons. The average Bonchev–Trinajstić information content (AvgIpc) is 2.93. The van der Waals surface area contributed by atoms with Gasteiger partial charge in [0.2, 0.25) is 0 Å². The second-order valence-corrected chi connectivity index (χ2v) is 11.1. The van der Waals surface area contributed by atoms with Crippen molar-refractivity contribution in [2.45, 2.75) is 115 Å². The van der Waals surface area contributed by atoms with E-state index in [1.54, 1.807) is 0 Å². The van der Waals surface area contributed by atoms with Crippen LogP contribution in [0, 0.1) is 5.92 Å². The van der Waals surface area contributed by atoms with Gasteiger partial charge in [-0.05, 0) is 87.0 Å². The van der Waals surface area contributed by atoms with Crippen molar-refractivity contribution in [1.82, 2.24) is 0 Å². The van der Waals surface area contributed by atoms with Crippen molar-refractivity contribution >= 4 is 14.2 Å². The highest BCUT2D eigenvalue weighted by atomic mass is 16.7. The summed E-state index contributed by atoms with van der Waals surface area (Å²) in [6.45, 7) is 17.8. The first kappa shape index (κ1) is 20.2. The Morgan fingerprint density at radius 2 is 1.15 bits per heavy atom. The molecule has 4 rings (SSSR count). The van der Waals surface area contributed by atoms with E-state index < -0.39 is 0 Å². The molecule has 2 bridgehead atoms. The number of hydrogen-bond donors (Lipinski definition) is 0. The second kappa shape index (κ2) is 5.98. The number of hydrogen-bond acceptors (Lipinski definition) is 5. The number of rotatable bonds is 2. The molecule has 152 valence electrons. The molecular formula is C20H36B2O5. The van der Waals surface area contributed by atoms with Crippen molar-refractivity contribution in [1.29, 1.82) is 0 Å². The van der Waals surface area contributed by atoms with Gasteiger partial charge in [0.1, 0.15) is 0 Å². The van der Waals surface area contributed by atoms with Crippen LogP contribution in [0.4, 0.5) is 0 Å². The van der Waals surface area contributed by atoms with Crippen LogP contribution in [0.25, 0.3) is 0 Å². The van der Waals surface area contributed by atoms with Gasteiger partial charge in [0, 0.05) is 11.8 Å². The molecule has 1 saturated carbocycles. The van der Waals surface area contributed by atoms with Crippen molar-refractivity contribution in [3.8, 4) is 0 Å². The van der Waals surface area contributed by atoms with Crippen LogP contribution in [0.1, 0.15) is 81.1 Å². The fraction of sp³-hybridized carbons (Fsp3) is 1.00. The minimum absolute atomic E-state index is 0.232. The molecular weight excluding hydrogens is 342 g/mol. The Labute approximate surface area is 165 Å². The summed E-state index contributed by atoms with van der Waals surface area (Å²) in [5, 5.41) is -0.346. The zero-order valence-corrected chi connectivity index (χ0v) is 18.4. The molecule has 5 nitrogen and oxygen atoms in total. The molecule has 0 aromatic rings. The van der Waals surface area contributed by atoms with Crippen LogP contribution in [0.2, 0.25) is 5.21 Å². The third kappa shape index (κ3) is 2.87. The maximum atomic E-state index is 6.61. The van der Waals surface area contributed by atoms with Gasteiger partial charge in [0.25, 0.3) is 0 Å². The van der Waals surface area contributed by atoms with E-state index >= 15 is 0 Å². The standard InChI is InChI=1S/C20H36B2O5/c1-16(2)17(3,4)25-21(24-16)20(13-15-12-14(20)10-9-11-23-15)22-26-18(5,6)19(7,8)27-22/h14-15H,9-13H2,1-8H3/t14-,15+/m0/s1. The predicted molar refractivity (Wildman–Crippen MR) is 107 cm³/mol. The van der Waals surface area contributed by atoms with E-state index in [-0.39, 0.29) is 48.0 Å². The quantitative estimate of drug-likeness (QED) is 0.679. The van der Waals surface area contributed by atoms with Crippen LogP contribution in [0.15, 0.2) is 0 Å². The Kier molecular flexibility index (Phi) is 4.47. The highest BCUT2D eigenvalue weighted by Crippen LogP contribution is 2.63. The first-order valence-electron chi connectivity index (χ1n) is 10.6. The lowest BCUT2D eigenvalue weighted by Crippen LogP contribution is -2.51. The van der Waals surface area contributed by atoms with Crippen LogP contribution >= 0.6 is 0 Å². The van der Waals surface area contributed by atoms with Gasteiger partial charge in [-0.3, -0.25) is 0 Å². The maximum Gasteiger partial charge on any atom is 0.462 e. The highest BCUT2D eigenvalue weighted by Gasteiger charge is 2.73. The minimum Gasteiger partial charge on any atom is -0.403 e. The van der Waals surface area contributed by atoms with Crippen molar-refractivity contribution < 1.29 is 23.4 Å². The first-order chi connectivity index (χ1) is 12.3. The summed E-state index contributed by atoms with van der Waals surface area (Å²) in [6, 6.07) is 0. The summed E-state index contributed by atoms with van der Waals surface area (Å²) in [7, 11) is -0.706. The predicted octanol–water partition coefficient (Wildman–Crippen LogP) is 4.04. The van der Waals surface area contributed by atoms with Crippen LogP contribution < -0.4 is 0 Å². The van der Waals surface area contributed by atoms with Gasteiger partial charge in [-0.2, -0.15) is 0 Å². The third-order valence-electron chi connectivity index (χ3n) is 8.32. The number of fused-ring (bicyclic) bond motifs is 2. The molecule has 2 atom stereocenters. The zero-order valence-electron chi connectivity index (χ0n) is 18.4. The molecule has 0 aromatic heterocycles. The van der Waals surface area contributed by atoms with E-state index in [0.29, 0.717) is 5.92 Å². The number of ether oxygens (including phenoxy) is 1. The van der Waals surface area contributed by atoms with Crippen LogP contribution in [-0.2, 0) is 23.4 Å². The van der Waals surface area contributed by atoms with Crippen molar-refractivity contribution in [3.63, 3.8) is 0 Å². The summed E-state index contributed by atoms with van der Waals surface area (Å²) in [4.78, 5) is 0. The SMILES string of the molecule is CC1(C)OB(C2(B3OC(C)(C)C(C)(C)O3)C[C@H]3C[C@@H]2CCCO3)OC1(C)C. The zero-order chi connectivity index (χ0) is 19.9. The Hall–Kier alpha value is -0.0701. The molecule has 27 heavy (non-hydrogen) atoms. The van der Waals surface area contributed by atoms with E-state index in [4.69, 9.17) is 23.4 Å². The van der Waals surface area contributed by atoms with E-state index in [9.17, 15) is 0 Å². The smallest absolute Gasteiger partial charge is 0.403 e. The van der Waals surface area contributed by atoms with Gasteiger partial charge in [-0.25, -0.2) is 0 Å². The molecule has 0 N–H and O–H groups in total. The lowest BCUT2D eigenvalue weighted by atomic mass is 9.34. The van der Waals surface area contributed by atoms with Gasteiger partial charge in [0.05, 0.1) is 28.5 Å². The molecule has 3 saturated heterocycles. The summed E-state index contributed by atoms with van der Waals surface area (Å²) >= 11 is 0. The van der Waals surface area contributed by atoms with Crippen LogP contribution in [-0.4, -0.2) is 49.4 Å². The van der Waals surface area contributed by atoms with E-state index in [2.05, 4.69) is 55.4 Å². The summed E-state index contributed by atoms with van der Waals surface area (Å²) in [5.74, 6) is 0.411. The molecule has 3 aliphatic heterocycles. The normalized spacial score (nSPS) is 38.2. The lowest BCUT2D eigenvalue weighted by Gasteiger charge is -2.39. The topological polar surface area (TPSA) is 46.2 Å². The second-order valence-electron chi connectivity index (χ2n) is 11.1. The van der Waals surface area contributed by atoms with Gasteiger partial charge in [-0.15, -0.1) is 0 Å². The van der Waals surface area contributed by atoms with Crippen LogP contribution in [0.3, 0.4) is 0 Å². The molecule has 0 aromatic carbocycles. The van der Waals surface area contributed by atoms with E-state index in [1.807, 2.05) is 0 Å². The molecule has 0 unspecified atom stereocenters. The largest absolute Gasteiger partial charge is 0.462 e. The monoisotopic (exact) mass is 378 g/mol. The molecule has 0 amide bonds. The van der Waals surface area contributed by atoms with Crippen LogP contribution in [0.5, 0.6) is 0 Å². The molecule has 0 spiro atoms. The Morgan fingerprint density at radius 1 is 0.704 bits per heavy atom. The maximum absolute atomic E-state index is 6.61. The van der Waals surface area contributed by atoms with Crippen molar-refractivity contribution in [3.05, 3.63) is 0 Å². The summed E-state index contributed by atoms with van der Waals surface area (Å²) in [6.07, 6.45) is 4.31. The lowest BCUT2D eigenvalue weighted by molar-refractivity contribution is 0.00578. The molecule has 4 fully saturated rings. The van der Waals surface area contributed by atoms with Gasteiger partial charge >= 0.3 is 14.2 Å². The molecule has 3 heterocycles. The molecule has 1 aliphatic carbocycles. The van der Waals surface area contributed by atoms with Gasteiger partial charge in [-0.1, -0.05) is 0 Å². The van der Waals surface area contributed by atoms with E-state index in [0.717, 1.165) is 32.3 Å². The van der Waals surface area contributed by atoms with Crippen molar-refractivity contribution in [2.75, 3.05) is 6.61 Å². The minimum atomic E-state index is -0.373. The summed E-state index contributed by atoms with van der Waals surface area (Å²) < 4.78 is 32.6.